The molecule has 0 amide bonds. The van der Waals surface area contributed by atoms with Gasteiger partial charge >= 0.3 is 0 Å². The van der Waals surface area contributed by atoms with E-state index < -0.39 is 0 Å². The maximum absolute atomic E-state index is 4.49. The maximum Gasteiger partial charge on any atom is 0.161 e. The van der Waals surface area contributed by atoms with Crippen LogP contribution in [0.25, 0.3) is 11.4 Å². The number of aromatic nitrogens is 2. The molecule has 0 aliphatic heterocycles. The van der Waals surface area contributed by atoms with Crippen LogP contribution in [0, 0.1) is 13.8 Å². The number of aryl methyl sites for hydroxylation is 2. The third-order valence-electron chi connectivity index (χ3n) is 2.49. The van der Waals surface area contributed by atoms with Crippen LogP contribution in [0.4, 0.5) is 5.82 Å². The van der Waals surface area contributed by atoms with Gasteiger partial charge in [-0.15, -0.1) is 0 Å². The topological polar surface area (TPSA) is 37.8 Å². The molecular weight excluding hydrogens is 210 g/mol. The highest BCUT2D eigenvalue weighted by molar-refractivity contribution is 5.59. The lowest BCUT2D eigenvalue weighted by molar-refractivity contribution is 1.11. The third-order valence-corrected chi connectivity index (χ3v) is 2.49. The average Bonchev–Trinajstić information content (AvgIpc) is 2.28. The molecule has 0 aliphatic carbocycles. The van der Waals surface area contributed by atoms with Gasteiger partial charge in [0, 0.05) is 18.3 Å². The lowest BCUT2D eigenvalue weighted by atomic mass is 10.1. The molecule has 17 heavy (non-hydrogen) atoms. The van der Waals surface area contributed by atoms with Gasteiger partial charge in [-0.1, -0.05) is 17.2 Å². The summed E-state index contributed by atoms with van der Waals surface area (Å²) in [5.74, 6) is 1.65. The van der Waals surface area contributed by atoms with E-state index >= 15 is 0 Å². The summed E-state index contributed by atoms with van der Waals surface area (Å²) in [6, 6.07) is 8.25. The SMILES string of the molecule is CCNc1ccnc(-c2cc(C)cc(C)c2)n1. The summed E-state index contributed by atoms with van der Waals surface area (Å²) in [4.78, 5) is 8.82. The monoisotopic (exact) mass is 227 g/mol. The fraction of sp³-hybridized carbons (Fsp3) is 0.286. The summed E-state index contributed by atoms with van der Waals surface area (Å²) in [5, 5.41) is 3.20. The molecule has 0 fully saturated rings. The molecular formula is C14H17N3. The van der Waals surface area contributed by atoms with Gasteiger partial charge in [-0.3, -0.25) is 0 Å². The molecule has 3 heteroatoms. The van der Waals surface area contributed by atoms with Gasteiger partial charge in [-0.05, 0) is 39.0 Å². The summed E-state index contributed by atoms with van der Waals surface area (Å²) in [5.41, 5.74) is 3.54. The Hall–Kier alpha value is -1.90. The molecule has 0 bridgehead atoms. The first-order valence-corrected chi connectivity index (χ1v) is 5.84. The molecule has 0 saturated carbocycles. The van der Waals surface area contributed by atoms with Gasteiger partial charge in [0.1, 0.15) is 5.82 Å². The van der Waals surface area contributed by atoms with Crippen LogP contribution < -0.4 is 5.32 Å². The van der Waals surface area contributed by atoms with Crippen molar-refractivity contribution in [3.63, 3.8) is 0 Å². The molecule has 0 spiro atoms. The van der Waals surface area contributed by atoms with E-state index in [0.29, 0.717) is 0 Å². The van der Waals surface area contributed by atoms with E-state index in [4.69, 9.17) is 0 Å². The van der Waals surface area contributed by atoms with Crippen molar-refractivity contribution in [1.29, 1.82) is 0 Å². The van der Waals surface area contributed by atoms with Crippen LogP contribution in [0.5, 0.6) is 0 Å². The number of rotatable bonds is 3. The fourth-order valence-corrected chi connectivity index (χ4v) is 1.88. The van der Waals surface area contributed by atoms with E-state index in [1.165, 1.54) is 11.1 Å². The highest BCUT2D eigenvalue weighted by Crippen LogP contribution is 2.19. The Morgan fingerprint density at radius 3 is 2.47 bits per heavy atom. The van der Waals surface area contributed by atoms with Crippen molar-refractivity contribution in [2.24, 2.45) is 0 Å². The predicted molar refractivity (Wildman–Crippen MR) is 71.1 cm³/mol. The second kappa shape index (κ2) is 4.95. The number of hydrogen-bond donors (Lipinski definition) is 1. The van der Waals surface area contributed by atoms with Gasteiger partial charge in [-0.2, -0.15) is 0 Å². The van der Waals surface area contributed by atoms with Crippen LogP contribution in [-0.4, -0.2) is 16.5 Å². The molecule has 1 heterocycles. The van der Waals surface area contributed by atoms with Crippen LogP contribution in [0.15, 0.2) is 30.5 Å². The first kappa shape index (κ1) is 11.6. The summed E-state index contributed by atoms with van der Waals surface area (Å²) in [7, 11) is 0. The minimum atomic E-state index is 0.773. The highest BCUT2D eigenvalue weighted by Gasteiger charge is 2.03. The molecule has 0 saturated heterocycles. The van der Waals surface area contributed by atoms with Crippen LogP contribution in [0.2, 0.25) is 0 Å². The minimum absolute atomic E-state index is 0.773. The van der Waals surface area contributed by atoms with Gasteiger partial charge in [-0.25, -0.2) is 9.97 Å². The lowest BCUT2D eigenvalue weighted by Gasteiger charge is -2.06. The Morgan fingerprint density at radius 1 is 1.12 bits per heavy atom. The van der Waals surface area contributed by atoms with E-state index in [9.17, 15) is 0 Å². The van der Waals surface area contributed by atoms with Gasteiger partial charge in [0.05, 0.1) is 0 Å². The largest absolute Gasteiger partial charge is 0.370 e. The molecule has 88 valence electrons. The van der Waals surface area contributed by atoms with Gasteiger partial charge in [0.25, 0.3) is 0 Å². The molecule has 3 nitrogen and oxygen atoms in total. The Bertz CT molecular complexity index is 500. The first-order chi connectivity index (χ1) is 8.19. The molecule has 0 atom stereocenters. The van der Waals surface area contributed by atoms with E-state index in [-0.39, 0.29) is 0 Å². The lowest BCUT2D eigenvalue weighted by Crippen LogP contribution is -2.00. The van der Waals surface area contributed by atoms with E-state index in [1.807, 2.05) is 6.07 Å². The quantitative estimate of drug-likeness (QED) is 0.875. The Kier molecular flexibility index (Phi) is 3.38. The number of nitrogens with one attached hydrogen (secondary N) is 1. The number of nitrogens with zero attached hydrogens (tertiary/aromatic N) is 2. The summed E-state index contributed by atoms with van der Waals surface area (Å²) >= 11 is 0. The standard InChI is InChI=1S/C14H17N3/c1-4-15-13-5-6-16-14(17-13)12-8-10(2)7-11(3)9-12/h5-9H,4H2,1-3H3,(H,15,16,17). The maximum atomic E-state index is 4.49. The number of anilines is 1. The average molecular weight is 227 g/mol. The number of hydrogen-bond acceptors (Lipinski definition) is 3. The minimum Gasteiger partial charge on any atom is -0.370 e. The van der Waals surface area contributed by atoms with Crippen LogP contribution in [-0.2, 0) is 0 Å². The molecule has 1 N–H and O–H groups in total. The first-order valence-electron chi connectivity index (χ1n) is 5.84. The summed E-state index contributed by atoms with van der Waals surface area (Å²) in [6.45, 7) is 7.09. The predicted octanol–water partition coefficient (Wildman–Crippen LogP) is 3.19. The highest BCUT2D eigenvalue weighted by atomic mass is 15.0. The van der Waals surface area contributed by atoms with Gasteiger partial charge in [0.2, 0.25) is 0 Å². The van der Waals surface area contributed by atoms with Crippen molar-refractivity contribution >= 4 is 5.82 Å². The van der Waals surface area contributed by atoms with E-state index in [1.54, 1.807) is 6.20 Å². The Labute approximate surface area is 102 Å². The van der Waals surface area contributed by atoms with Gasteiger partial charge in [0.15, 0.2) is 5.82 Å². The van der Waals surface area contributed by atoms with Crippen molar-refractivity contribution in [3.05, 3.63) is 41.6 Å². The van der Waals surface area contributed by atoms with Crippen molar-refractivity contribution in [3.8, 4) is 11.4 Å². The molecule has 1 aromatic carbocycles. The fourth-order valence-electron chi connectivity index (χ4n) is 1.88. The van der Waals surface area contributed by atoms with Crippen molar-refractivity contribution < 1.29 is 0 Å². The van der Waals surface area contributed by atoms with Crippen LogP contribution in [0.3, 0.4) is 0 Å². The molecule has 0 unspecified atom stereocenters. The van der Waals surface area contributed by atoms with Crippen molar-refractivity contribution in [2.45, 2.75) is 20.8 Å². The normalized spacial score (nSPS) is 10.3. The van der Waals surface area contributed by atoms with Gasteiger partial charge < -0.3 is 5.32 Å². The zero-order chi connectivity index (χ0) is 12.3. The number of benzene rings is 1. The van der Waals surface area contributed by atoms with Crippen molar-refractivity contribution in [1.82, 2.24) is 9.97 Å². The van der Waals surface area contributed by atoms with E-state index in [0.717, 1.165) is 23.8 Å². The molecule has 2 aromatic rings. The second-order valence-corrected chi connectivity index (χ2v) is 4.17. The zero-order valence-electron chi connectivity index (χ0n) is 10.5. The van der Waals surface area contributed by atoms with Crippen LogP contribution >= 0.6 is 0 Å². The Balaban J connectivity index is 2.41. The molecule has 0 radical (unpaired) electrons. The summed E-state index contributed by atoms with van der Waals surface area (Å²) < 4.78 is 0. The second-order valence-electron chi connectivity index (χ2n) is 4.17. The molecule has 0 aliphatic rings. The summed E-state index contributed by atoms with van der Waals surface area (Å²) in [6.07, 6.45) is 1.79. The van der Waals surface area contributed by atoms with Crippen molar-refractivity contribution in [2.75, 3.05) is 11.9 Å². The molecule has 2 rings (SSSR count). The third kappa shape index (κ3) is 2.81. The molecule has 1 aromatic heterocycles. The Morgan fingerprint density at radius 2 is 1.82 bits per heavy atom. The van der Waals surface area contributed by atoms with E-state index in [2.05, 4.69) is 54.3 Å². The zero-order valence-corrected chi connectivity index (χ0v) is 10.5. The van der Waals surface area contributed by atoms with Crippen LogP contribution in [0.1, 0.15) is 18.1 Å². The smallest absolute Gasteiger partial charge is 0.161 e.